The molecule has 0 saturated carbocycles. The normalized spacial score (nSPS) is 24.3. The number of thioether (sulfide) groups is 2. The quantitative estimate of drug-likeness (QED) is 0.158. The number of fused-ring (bicyclic) bond motifs is 2. The number of amides is 3. The smallest absolute Gasteiger partial charge is 0.344 e. The van der Waals surface area contributed by atoms with Gasteiger partial charge >= 0.3 is 5.97 Å². The molecule has 6 aliphatic heterocycles. The van der Waals surface area contributed by atoms with Crippen LogP contribution in [0.15, 0.2) is 128 Å². The van der Waals surface area contributed by atoms with E-state index in [0.717, 1.165) is 64.6 Å². The molecular weight excluding hydrogens is 1090 g/mol. The van der Waals surface area contributed by atoms with Crippen molar-refractivity contribution in [2.45, 2.75) is 102 Å². The molecule has 2 N–H and O–H groups in total. The maximum Gasteiger partial charge on any atom is 0.344 e. The summed E-state index contributed by atoms with van der Waals surface area (Å²) in [7, 11) is 7.07. The molecular formula is C58H66Cl4N8O5S2. The maximum absolute atomic E-state index is 14.1. The molecule has 10 rings (SSSR count). The molecule has 19 heteroatoms. The van der Waals surface area contributed by atoms with E-state index < -0.39 is 23.1 Å². The molecule has 0 spiro atoms. The maximum atomic E-state index is 14.1. The van der Waals surface area contributed by atoms with Gasteiger partial charge in [-0.25, -0.2) is 14.8 Å². The van der Waals surface area contributed by atoms with Gasteiger partial charge in [-0.1, -0.05) is 123 Å². The molecule has 0 radical (unpaired) electrons. The monoisotopic (exact) mass is 1160 g/mol. The zero-order chi connectivity index (χ0) is 55.8. The second-order valence-electron chi connectivity index (χ2n) is 21.3. The van der Waals surface area contributed by atoms with Gasteiger partial charge in [0.25, 0.3) is 5.91 Å². The van der Waals surface area contributed by atoms with Gasteiger partial charge in [-0.15, -0.1) is 0 Å². The highest BCUT2D eigenvalue weighted by Crippen LogP contribution is 2.58. The number of carbonyl (C=O) groups is 4. The van der Waals surface area contributed by atoms with Gasteiger partial charge in [0, 0.05) is 66.2 Å². The number of likely N-dealkylation sites (N-methyl/N-ethyl adjacent to an activating group) is 2. The predicted molar refractivity (Wildman–Crippen MR) is 314 cm³/mol. The first-order chi connectivity index (χ1) is 36.5. The number of carboxylic acids is 1. The zero-order valence-electron chi connectivity index (χ0n) is 45.0. The summed E-state index contributed by atoms with van der Waals surface area (Å²) < 4.78 is 0. The Balaban J connectivity index is 0.000000177. The Bertz CT molecular complexity index is 3020. The van der Waals surface area contributed by atoms with E-state index >= 15 is 0 Å². The standard InChI is InChI=1S/C29H32Cl2N4O2S.C22H20Cl2N2O2S.C7H14N2O/c1-17(2)23-24(27(37)34-16-6-7-22(34)26(36)33(4)5)38-28-32-29(3,19-10-14-21(31)15-11-19)25(35(23)28)18-8-12-20(30)13-9-18;1-12(2)17-18(20(27)28)29-21-25-22(3,14-6-10-16(24)11-7-14)19(26(17)21)13-4-8-15(23)9-5-13;1-9(2)7(10)6-4-3-5-8-6/h8-15,17,22,25H,6-7,16H2,1-5H3;4-12,19H,1-3H3,(H,27,28);6,8H,3-5H2,1-2H3/t22-,25+,29-;19-,22+;6-/m010/s1. The fourth-order valence-corrected chi connectivity index (χ4v) is 14.1. The number of hydrogen-bond acceptors (Lipinski definition) is 11. The molecule has 0 aliphatic carbocycles. The number of carboxylic acid groups (broad SMARTS) is 1. The van der Waals surface area contributed by atoms with Crippen molar-refractivity contribution in [2.75, 3.05) is 41.3 Å². The van der Waals surface area contributed by atoms with Gasteiger partial charge in [-0.2, -0.15) is 0 Å². The average molecular weight is 1160 g/mol. The van der Waals surface area contributed by atoms with Crippen LogP contribution in [0.1, 0.15) is 102 Å². The SMILES string of the molecule is CC(C)C1=C(C(=O)N2CCC[C@H]2C(=O)N(C)C)SC2=N[C@@](C)(c3ccc(Cl)cc3)[C@@H](c3ccc(Cl)cc3)N21.CC(C)C1=C(C(=O)O)SC2=N[C@@](C)(c3ccc(Cl)cc3)[C@@H](c3ccc(Cl)cc3)N21.CN(C)C(=O)[C@@H]1CCCN1. The van der Waals surface area contributed by atoms with Gasteiger partial charge in [0.05, 0.1) is 18.1 Å². The van der Waals surface area contributed by atoms with E-state index in [2.05, 4.69) is 42.8 Å². The van der Waals surface area contributed by atoms with Gasteiger partial charge in [-0.3, -0.25) is 14.4 Å². The number of rotatable bonds is 10. The van der Waals surface area contributed by atoms with Crippen LogP contribution in [0.5, 0.6) is 0 Å². The van der Waals surface area contributed by atoms with Crippen molar-refractivity contribution < 1.29 is 24.3 Å². The minimum atomic E-state index is -0.918. The number of benzene rings is 4. The first kappa shape index (κ1) is 58.2. The lowest BCUT2D eigenvalue weighted by Crippen LogP contribution is -2.46. The second-order valence-corrected chi connectivity index (χ2v) is 25.0. The summed E-state index contributed by atoms with van der Waals surface area (Å²) in [6.07, 6.45) is 3.63. The summed E-state index contributed by atoms with van der Waals surface area (Å²) in [5.41, 5.74) is 4.65. The molecule has 13 nitrogen and oxygen atoms in total. The fraction of sp³-hybridized carbons (Fsp3) is 0.414. The van der Waals surface area contributed by atoms with Crippen molar-refractivity contribution in [1.82, 2.24) is 29.8 Å². The molecule has 3 amide bonds. The lowest BCUT2D eigenvalue weighted by molar-refractivity contribution is -0.140. The summed E-state index contributed by atoms with van der Waals surface area (Å²) in [5.74, 6) is -0.739. The number of carbonyl (C=O) groups excluding carboxylic acids is 3. The number of aliphatic carboxylic acids is 1. The average Bonchev–Trinajstić information content (AvgIpc) is 4.33. The fourth-order valence-electron chi connectivity index (χ4n) is 11.0. The van der Waals surface area contributed by atoms with Crippen molar-refractivity contribution in [2.24, 2.45) is 21.8 Å². The van der Waals surface area contributed by atoms with E-state index in [1.807, 2.05) is 111 Å². The molecule has 2 saturated heterocycles. The Kier molecular flexibility index (Phi) is 17.9. The van der Waals surface area contributed by atoms with E-state index in [0.29, 0.717) is 48.0 Å². The van der Waals surface area contributed by atoms with Crippen LogP contribution in [0.3, 0.4) is 0 Å². The van der Waals surface area contributed by atoms with Crippen molar-refractivity contribution in [3.63, 3.8) is 0 Å². The summed E-state index contributed by atoms with van der Waals surface area (Å²) in [6, 6.07) is 30.3. The molecule has 2 fully saturated rings. The molecule has 0 bridgehead atoms. The second kappa shape index (κ2) is 23.8. The van der Waals surface area contributed by atoms with Crippen molar-refractivity contribution in [3.8, 4) is 0 Å². The Labute approximate surface area is 481 Å². The van der Waals surface area contributed by atoms with E-state index in [1.165, 1.54) is 23.5 Å². The third-order valence-corrected chi connectivity index (χ3v) is 17.9. The highest BCUT2D eigenvalue weighted by molar-refractivity contribution is 8.18. The number of amidine groups is 2. The summed E-state index contributed by atoms with van der Waals surface area (Å²) in [5, 5.41) is 17.1. The van der Waals surface area contributed by atoms with Gasteiger partial charge in [0.1, 0.15) is 26.9 Å². The molecule has 6 heterocycles. The summed E-state index contributed by atoms with van der Waals surface area (Å²) in [6.45, 7) is 14.0. The third-order valence-electron chi connectivity index (χ3n) is 14.8. The molecule has 6 aliphatic rings. The molecule has 4 aromatic carbocycles. The number of nitrogens with one attached hydrogen (secondary N) is 1. The highest BCUT2D eigenvalue weighted by Gasteiger charge is 2.55. The molecule has 408 valence electrons. The number of aliphatic imine (C=N–C) groups is 2. The number of nitrogens with zero attached hydrogens (tertiary/aromatic N) is 7. The zero-order valence-corrected chi connectivity index (χ0v) is 49.6. The molecule has 4 aromatic rings. The topological polar surface area (TPSA) is 141 Å². The largest absolute Gasteiger partial charge is 0.477 e. The molecule has 6 atom stereocenters. The van der Waals surface area contributed by atoms with Crippen LogP contribution in [-0.4, -0.2) is 117 Å². The number of halogens is 4. The van der Waals surface area contributed by atoms with E-state index in [4.69, 9.17) is 56.4 Å². The molecule has 0 aromatic heterocycles. The Morgan fingerprint density at radius 2 is 1.01 bits per heavy atom. The first-order valence-corrected chi connectivity index (χ1v) is 29.0. The number of allylic oxidation sites excluding steroid dienone is 2. The molecule has 0 unspecified atom stereocenters. The van der Waals surface area contributed by atoms with Crippen molar-refractivity contribution in [1.29, 1.82) is 0 Å². The van der Waals surface area contributed by atoms with Crippen molar-refractivity contribution in [3.05, 3.63) is 161 Å². The van der Waals surface area contributed by atoms with Crippen LogP contribution in [0.4, 0.5) is 0 Å². The van der Waals surface area contributed by atoms with Crippen LogP contribution in [0, 0.1) is 11.8 Å². The van der Waals surface area contributed by atoms with Crippen LogP contribution >= 0.6 is 69.9 Å². The van der Waals surface area contributed by atoms with E-state index in [1.54, 1.807) is 42.9 Å². The van der Waals surface area contributed by atoms with Gasteiger partial charge in [-0.05, 0) is 152 Å². The predicted octanol–water partition coefficient (Wildman–Crippen LogP) is 12.5. The third kappa shape index (κ3) is 11.7. The molecule has 77 heavy (non-hydrogen) atoms. The van der Waals surface area contributed by atoms with Crippen molar-refractivity contribution >= 4 is 104 Å². The first-order valence-electron chi connectivity index (χ1n) is 25.8. The van der Waals surface area contributed by atoms with Crippen LogP contribution in [-0.2, 0) is 30.3 Å². The van der Waals surface area contributed by atoms with Crippen LogP contribution < -0.4 is 5.32 Å². The summed E-state index contributed by atoms with van der Waals surface area (Å²) >= 11 is 27.4. The lowest BCUT2D eigenvalue weighted by atomic mass is 9.81. The van der Waals surface area contributed by atoms with Gasteiger partial charge in [0.15, 0.2) is 10.3 Å². The van der Waals surface area contributed by atoms with Crippen LogP contribution in [0.25, 0.3) is 0 Å². The highest BCUT2D eigenvalue weighted by atomic mass is 35.5. The summed E-state index contributed by atoms with van der Waals surface area (Å²) in [4.78, 5) is 70.7. The Hall–Kier alpha value is -5.00. The number of likely N-dealkylation sites (tertiary alicyclic amines) is 1. The van der Waals surface area contributed by atoms with Gasteiger partial charge in [0.2, 0.25) is 11.8 Å². The lowest BCUT2D eigenvalue weighted by Gasteiger charge is -2.37. The van der Waals surface area contributed by atoms with Gasteiger partial charge < -0.3 is 34.9 Å². The van der Waals surface area contributed by atoms with E-state index in [9.17, 15) is 24.3 Å². The Morgan fingerprint density at radius 3 is 1.39 bits per heavy atom. The van der Waals surface area contributed by atoms with E-state index in [-0.39, 0.29) is 47.7 Å². The van der Waals surface area contributed by atoms with Crippen LogP contribution in [0.2, 0.25) is 20.1 Å². The minimum Gasteiger partial charge on any atom is -0.477 e. The number of hydrogen-bond donors (Lipinski definition) is 2. The minimum absolute atomic E-state index is 0.0299. The Morgan fingerprint density at radius 1 is 0.610 bits per heavy atom.